The second-order valence-corrected chi connectivity index (χ2v) is 8.67. The van der Waals surface area contributed by atoms with Gasteiger partial charge >= 0.3 is 0 Å². The number of hydrogen-bond acceptors (Lipinski definition) is 1. The van der Waals surface area contributed by atoms with Crippen molar-refractivity contribution in [3.05, 3.63) is 49.8 Å². The molecule has 1 atom stereocenters. The van der Waals surface area contributed by atoms with Gasteiger partial charge in [0.1, 0.15) is 0 Å². The van der Waals surface area contributed by atoms with Crippen molar-refractivity contribution in [2.24, 2.45) is 5.92 Å². The number of H-pyrrole nitrogens is 1. The van der Waals surface area contributed by atoms with Crippen LogP contribution in [0.4, 0.5) is 5.69 Å². The highest BCUT2D eigenvalue weighted by molar-refractivity contribution is 14.1. The fourth-order valence-corrected chi connectivity index (χ4v) is 4.68. The number of carbonyl (C=O) groups is 1. The van der Waals surface area contributed by atoms with Crippen LogP contribution in [0, 0.1) is 16.4 Å². The van der Waals surface area contributed by atoms with Crippen LogP contribution in [-0.2, 0) is 11.2 Å². The van der Waals surface area contributed by atoms with E-state index in [2.05, 4.69) is 65.8 Å². The molecule has 4 heteroatoms. The lowest BCUT2D eigenvalue weighted by Gasteiger charge is -2.25. The van der Waals surface area contributed by atoms with E-state index in [4.69, 9.17) is 0 Å². The zero-order chi connectivity index (χ0) is 17.7. The highest BCUT2D eigenvalue weighted by Crippen LogP contribution is 2.40. The maximum absolute atomic E-state index is 12.5. The quantitative estimate of drug-likeness (QED) is 0.465. The molecule has 2 heterocycles. The normalized spacial score (nSPS) is 20.8. The van der Waals surface area contributed by atoms with Crippen LogP contribution in [0.3, 0.4) is 0 Å². The molecule has 0 bridgehead atoms. The smallest absolute Gasteiger partial charge is 0.256 e. The lowest BCUT2D eigenvalue weighted by atomic mass is 9.80. The summed E-state index contributed by atoms with van der Waals surface area (Å²) in [5, 5.41) is 3.00. The zero-order valence-corrected chi connectivity index (χ0v) is 17.0. The summed E-state index contributed by atoms with van der Waals surface area (Å²) in [5.74, 6) is 1.27. The number of anilines is 1. The van der Waals surface area contributed by atoms with Crippen molar-refractivity contribution in [3.63, 3.8) is 0 Å². The van der Waals surface area contributed by atoms with Crippen LogP contribution in [-0.4, -0.2) is 10.9 Å². The van der Waals surface area contributed by atoms with E-state index >= 15 is 0 Å². The summed E-state index contributed by atoms with van der Waals surface area (Å²) in [6.45, 7) is 6.69. The summed E-state index contributed by atoms with van der Waals surface area (Å²) in [5.41, 5.74) is 7.76. The molecule has 2 N–H and O–H groups in total. The van der Waals surface area contributed by atoms with E-state index in [0.29, 0.717) is 11.8 Å². The van der Waals surface area contributed by atoms with Crippen molar-refractivity contribution in [3.8, 4) is 0 Å². The largest absolute Gasteiger partial charge is 0.359 e. The fourth-order valence-electron chi connectivity index (χ4n) is 4.23. The van der Waals surface area contributed by atoms with Crippen LogP contribution in [0.15, 0.2) is 18.2 Å². The number of aromatic amines is 1. The summed E-state index contributed by atoms with van der Waals surface area (Å²) in [6.07, 6.45) is 5.65. The molecule has 1 amide bonds. The number of amides is 1. The molecule has 2 aromatic rings. The first-order valence-electron chi connectivity index (χ1n) is 9.00. The van der Waals surface area contributed by atoms with Gasteiger partial charge in [0.2, 0.25) is 0 Å². The van der Waals surface area contributed by atoms with E-state index in [-0.39, 0.29) is 5.91 Å². The predicted octanol–water partition coefficient (Wildman–Crippen LogP) is 5.50. The average molecular weight is 446 g/mol. The van der Waals surface area contributed by atoms with Crippen molar-refractivity contribution in [2.45, 2.75) is 46.0 Å². The average Bonchev–Trinajstić information content (AvgIpc) is 3.12. The van der Waals surface area contributed by atoms with Gasteiger partial charge in [-0.05, 0) is 96.0 Å². The Hall–Kier alpha value is -1.56. The summed E-state index contributed by atoms with van der Waals surface area (Å²) >= 11 is 2.33. The highest BCUT2D eigenvalue weighted by Gasteiger charge is 2.28. The third-order valence-corrected chi connectivity index (χ3v) is 6.73. The van der Waals surface area contributed by atoms with Crippen LogP contribution in [0.2, 0.25) is 0 Å². The van der Waals surface area contributed by atoms with Gasteiger partial charge in [0.15, 0.2) is 0 Å². The van der Waals surface area contributed by atoms with Crippen LogP contribution in [0.1, 0.15) is 60.7 Å². The lowest BCUT2D eigenvalue weighted by Crippen LogP contribution is -2.13. The van der Waals surface area contributed by atoms with Crippen LogP contribution in [0.5, 0.6) is 0 Å². The summed E-state index contributed by atoms with van der Waals surface area (Å²) in [4.78, 5) is 16.1. The maximum atomic E-state index is 12.5. The van der Waals surface area contributed by atoms with Gasteiger partial charge in [-0.1, -0.05) is 13.8 Å². The molecule has 0 saturated heterocycles. The monoisotopic (exact) mass is 446 g/mol. The van der Waals surface area contributed by atoms with Gasteiger partial charge < -0.3 is 10.3 Å². The Balaban J connectivity index is 1.79. The minimum Gasteiger partial charge on any atom is -0.359 e. The number of hydrogen-bond donors (Lipinski definition) is 2. The van der Waals surface area contributed by atoms with Crippen molar-refractivity contribution >= 4 is 45.8 Å². The van der Waals surface area contributed by atoms with E-state index < -0.39 is 0 Å². The molecule has 1 aromatic heterocycles. The molecule has 1 aliphatic heterocycles. The Morgan fingerprint density at radius 1 is 1.32 bits per heavy atom. The van der Waals surface area contributed by atoms with E-state index in [0.717, 1.165) is 28.9 Å². The van der Waals surface area contributed by atoms with Crippen LogP contribution >= 0.6 is 22.6 Å². The summed E-state index contributed by atoms with van der Waals surface area (Å²) in [7, 11) is 0. The van der Waals surface area contributed by atoms with Crippen LogP contribution < -0.4 is 5.32 Å². The molecule has 2 aliphatic rings. The number of carbonyl (C=O) groups excluding carboxylic acids is 1. The van der Waals surface area contributed by atoms with Gasteiger partial charge in [-0.25, -0.2) is 0 Å². The third kappa shape index (κ3) is 2.84. The molecule has 0 saturated carbocycles. The van der Waals surface area contributed by atoms with Gasteiger partial charge in [-0.3, -0.25) is 4.79 Å². The van der Waals surface area contributed by atoms with Gasteiger partial charge in [0, 0.05) is 26.2 Å². The Labute approximate surface area is 162 Å². The minimum absolute atomic E-state index is 0.00641. The number of aromatic nitrogens is 1. The fraction of sp³-hybridized carbons (Fsp3) is 0.381. The molecule has 130 valence electrons. The van der Waals surface area contributed by atoms with Gasteiger partial charge in [-0.2, -0.15) is 0 Å². The van der Waals surface area contributed by atoms with Gasteiger partial charge in [0.05, 0.1) is 5.57 Å². The second-order valence-electron chi connectivity index (χ2n) is 7.51. The number of rotatable bonds is 2. The van der Waals surface area contributed by atoms with E-state index in [9.17, 15) is 4.79 Å². The molecule has 3 nitrogen and oxygen atoms in total. The molecule has 0 fully saturated rings. The number of aryl methyl sites for hydroxylation is 1. The predicted molar refractivity (Wildman–Crippen MR) is 112 cm³/mol. The third-order valence-electron chi connectivity index (χ3n) is 5.56. The minimum atomic E-state index is -0.00641. The standard InChI is InChI=1S/C21H23IN2O/c1-11(2)14-5-4-6-18-15(14)9-13(23-18)10-16-20-12(3)17(22)7-8-19(20)24-21(16)25/h7-11,14,23H,4-6H2,1-3H3,(H,24,25). The lowest BCUT2D eigenvalue weighted by molar-refractivity contribution is -0.110. The second kappa shape index (κ2) is 6.31. The Morgan fingerprint density at radius 2 is 2.12 bits per heavy atom. The SMILES string of the molecule is Cc1c(I)ccc2c1C(=Cc1cc3c([nH]1)CCCC3C(C)C)C(=O)N2. The molecule has 25 heavy (non-hydrogen) atoms. The number of nitrogens with one attached hydrogen (secondary N) is 2. The highest BCUT2D eigenvalue weighted by atomic mass is 127. The first-order valence-corrected chi connectivity index (χ1v) is 10.1. The van der Waals surface area contributed by atoms with Gasteiger partial charge in [-0.15, -0.1) is 0 Å². The van der Waals surface area contributed by atoms with Crippen molar-refractivity contribution in [1.82, 2.24) is 4.98 Å². The number of halogens is 1. The zero-order valence-electron chi connectivity index (χ0n) is 14.9. The number of fused-ring (bicyclic) bond motifs is 2. The molecule has 4 rings (SSSR count). The molecule has 1 aliphatic carbocycles. The van der Waals surface area contributed by atoms with E-state index in [1.165, 1.54) is 33.2 Å². The molecular weight excluding hydrogens is 423 g/mol. The van der Waals surface area contributed by atoms with E-state index in [1.807, 2.05) is 12.1 Å². The summed E-state index contributed by atoms with van der Waals surface area (Å²) in [6, 6.07) is 6.32. The Morgan fingerprint density at radius 3 is 2.88 bits per heavy atom. The maximum Gasteiger partial charge on any atom is 0.256 e. The molecular formula is C21H23IN2O. The van der Waals surface area contributed by atoms with Crippen molar-refractivity contribution in [2.75, 3.05) is 5.32 Å². The van der Waals surface area contributed by atoms with Crippen molar-refractivity contribution in [1.29, 1.82) is 0 Å². The first kappa shape index (κ1) is 16.9. The Kier molecular flexibility index (Phi) is 4.26. The molecule has 1 aromatic carbocycles. The van der Waals surface area contributed by atoms with Gasteiger partial charge in [0.25, 0.3) is 5.91 Å². The summed E-state index contributed by atoms with van der Waals surface area (Å²) < 4.78 is 1.18. The first-order chi connectivity index (χ1) is 12.0. The van der Waals surface area contributed by atoms with E-state index in [1.54, 1.807) is 0 Å². The topological polar surface area (TPSA) is 44.9 Å². The Bertz CT molecular complexity index is 892. The molecule has 0 radical (unpaired) electrons. The molecule has 1 unspecified atom stereocenters. The molecule has 0 spiro atoms. The van der Waals surface area contributed by atoms with Crippen LogP contribution in [0.25, 0.3) is 11.6 Å². The number of benzene rings is 1. The van der Waals surface area contributed by atoms with Crippen molar-refractivity contribution < 1.29 is 4.79 Å².